The molecular weight excluding hydrogens is 726 g/mol. The van der Waals surface area contributed by atoms with Gasteiger partial charge in [-0.15, -0.1) is 0 Å². The maximum absolute atomic E-state index is 13.9. The minimum absolute atomic E-state index is 0.0324. The number of nitrogens with one attached hydrogen (secondary N) is 5. The molecule has 56 heavy (non-hydrogen) atoms. The summed E-state index contributed by atoms with van der Waals surface area (Å²) >= 11 is 0. The second kappa shape index (κ2) is 26.0. The van der Waals surface area contributed by atoms with Gasteiger partial charge in [-0.25, -0.2) is 4.79 Å². The zero-order valence-electron chi connectivity index (χ0n) is 33.1. The smallest absolute Gasteiger partial charge is 0.326 e. The number of phenolic OH excluding ortho intramolecular Hbond substituents is 1. The summed E-state index contributed by atoms with van der Waals surface area (Å²) in [6.45, 7) is 7.61. The quantitative estimate of drug-likeness (QED) is 0.0272. The molecule has 0 heterocycles. The number of carboxylic acids is 1. The van der Waals surface area contributed by atoms with Gasteiger partial charge in [-0.05, 0) is 100 Å². The summed E-state index contributed by atoms with van der Waals surface area (Å²) in [6, 6.07) is -0.618. The summed E-state index contributed by atoms with van der Waals surface area (Å²) in [5.41, 5.74) is 29.0. The first kappa shape index (κ1) is 49.0. The summed E-state index contributed by atoms with van der Waals surface area (Å²) in [5.74, 6) is -5.61. The number of nitrogens with zero attached hydrogens (tertiary/aromatic N) is 1. The molecule has 1 rings (SSSR count). The number of rotatable bonds is 27. The van der Waals surface area contributed by atoms with E-state index in [2.05, 4.69) is 31.6 Å². The summed E-state index contributed by atoms with van der Waals surface area (Å²) in [6.07, 6.45) is 2.73. The summed E-state index contributed by atoms with van der Waals surface area (Å²) in [5, 5.41) is 32.5. The van der Waals surface area contributed by atoms with E-state index in [0.29, 0.717) is 44.3 Å². The monoisotopic (exact) mass is 792 g/mol. The van der Waals surface area contributed by atoms with Gasteiger partial charge in [-0.1, -0.05) is 39.8 Å². The zero-order valence-corrected chi connectivity index (χ0v) is 33.1. The van der Waals surface area contributed by atoms with Crippen molar-refractivity contribution in [1.29, 1.82) is 0 Å². The largest absolute Gasteiger partial charge is 0.508 e. The zero-order chi connectivity index (χ0) is 42.4. The molecular formula is C37H65N11O8. The number of aliphatic imine (C=N–C) groups is 1. The molecule has 0 saturated heterocycles. The highest BCUT2D eigenvalue weighted by atomic mass is 16.4. The maximum atomic E-state index is 13.9. The van der Waals surface area contributed by atoms with E-state index in [1.165, 1.54) is 12.1 Å². The van der Waals surface area contributed by atoms with Crippen LogP contribution in [0, 0.1) is 11.8 Å². The number of hydrogen-bond acceptors (Lipinski definition) is 11. The molecule has 0 unspecified atom stereocenters. The van der Waals surface area contributed by atoms with Gasteiger partial charge < -0.3 is 65.5 Å². The van der Waals surface area contributed by atoms with Crippen LogP contribution in [-0.4, -0.2) is 108 Å². The Bertz CT molecular complexity index is 1440. The fraction of sp³-hybridized carbons (Fsp3) is 0.649. The number of hydrogen-bond donors (Lipinski definition) is 12. The van der Waals surface area contributed by atoms with Crippen LogP contribution in [0.1, 0.15) is 84.6 Å². The first-order valence-electron chi connectivity index (χ1n) is 19.1. The minimum Gasteiger partial charge on any atom is -0.508 e. The Balaban J connectivity index is 3.26. The van der Waals surface area contributed by atoms with Crippen LogP contribution in [0.3, 0.4) is 0 Å². The third-order valence-corrected chi connectivity index (χ3v) is 8.94. The lowest BCUT2D eigenvalue weighted by atomic mass is 9.99. The second-order valence-electron chi connectivity index (χ2n) is 14.5. The molecule has 19 heteroatoms. The van der Waals surface area contributed by atoms with E-state index in [-0.39, 0.29) is 50.4 Å². The normalized spacial score (nSPS) is 14.4. The van der Waals surface area contributed by atoms with Gasteiger partial charge in [0.05, 0.1) is 6.04 Å². The van der Waals surface area contributed by atoms with Crippen molar-refractivity contribution in [1.82, 2.24) is 26.6 Å². The van der Waals surface area contributed by atoms with Crippen molar-refractivity contribution < 1.29 is 39.0 Å². The van der Waals surface area contributed by atoms with E-state index >= 15 is 0 Å². The van der Waals surface area contributed by atoms with Crippen molar-refractivity contribution in [2.75, 3.05) is 19.6 Å². The number of unbranched alkanes of at least 4 members (excludes halogenated alkanes) is 2. The van der Waals surface area contributed by atoms with Gasteiger partial charge in [0.1, 0.15) is 36.0 Å². The van der Waals surface area contributed by atoms with Crippen LogP contribution in [0.15, 0.2) is 29.3 Å². The predicted molar refractivity (Wildman–Crippen MR) is 212 cm³/mol. The Morgan fingerprint density at radius 3 is 1.52 bits per heavy atom. The molecule has 0 aromatic heterocycles. The van der Waals surface area contributed by atoms with Gasteiger partial charge in [0, 0.05) is 6.54 Å². The van der Waals surface area contributed by atoms with Crippen molar-refractivity contribution in [3.63, 3.8) is 0 Å². The Kier molecular flexibility index (Phi) is 22.7. The molecule has 19 nitrogen and oxygen atoms in total. The lowest BCUT2D eigenvalue weighted by molar-refractivity contribution is -0.143. The van der Waals surface area contributed by atoms with Gasteiger partial charge >= 0.3 is 5.97 Å². The number of phenols is 1. The Morgan fingerprint density at radius 1 is 0.625 bits per heavy atom. The molecule has 1 aromatic rings. The number of aliphatic carboxylic acids is 1. The number of aromatic hydroxyl groups is 1. The third kappa shape index (κ3) is 18.5. The third-order valence-electron chi connectivity index (χ3n) is 8.94. The SMILES string of the molecule is CC(C)[C@H](NC(=O)[C@H](CCCN=C(N)N)NC(=O)[C@H](CCCCN)NC(=O)[C@@H](NC(=O)[C@@H](N)Cc1ccc(O)cc1)C(C)C)C(=O)N[C@@H](CCCCN)C(=O)O. The first-order chi connectivity index (χ1) is 26.4. The standard InChI is InChI=1S/C37H65N11O8/c1-21(2)29(47-31(50)25(40)20-23-13-15-24(49)16-14-23)34(53)45-26(10-5-7-17-38)32(51)44-27(12-9-19-43-37(41)42)33(52)48-30(22(3)4)35(54)46-28(36(55)56)11-6-8-18-39/h13-16,21-22,25-30,49H,5-12,17-20,38-40H2,1-4H3,(H,44,51)(H,45,53)(H,46,54)(H,47,50)(H,48,52)(H,55,56)(H4,41,42,43)/t25-,26-,27-,28-,29-,30-/m0/s1. The van der Waals surface area contributed by atoms with Crippen LogP contribution >= 0.6 is 0 Å². The number of carboxylic acid groups (broad SMARTS) is 1. The number of carbonyl (C=O) groups excluding carboxylic acids is 5. The number of guanidine groups is 1. The lowest BCUT2D eigenvalue weighted by Crippen LogP contribution is -2.60. The average Bonchev–Trinajstić information content (AvgIpc) is 3.13. The van der Waals surface area contributed by atoms with Crippen LogP contribution in [0.2, 0.25) is 0 Å². The molecule has 0 aliphatic heterocycles. The van der Waals surface area contributed by atoms with Crippen LogP contribution in [0.4, 0.5) is 0 Å². The van der Waals surface area contributed by atoms with Crippen LogP contribution < -0.4 is 55.3 Å². The molecule has 0 aliphatic rings. The van der Waals surface area contributed by atoms with E-state index < -0.39 is 83.6 Å². The predicted octanol–water partition coefficient (Wildman–Crippen LogP) is -1.61. The molecule has 316 valence electrons. The van der Waals surface area contributed by atoms with Gasteiger partial charge in [0.25, 0.3) is 0 Å². The molecule has 0 saturated carbocycles. The van der Waals surface area contributed by atoms with Crippen molar-refractivity contribution in [2.45, 2.75) is 122 Å². The van der Waals surface area contributed by atoms with Crippen molar-refractivity contribution in [3.05, 3.63) is 29.8 Å². The molecule has 17 N–H and O–H groups in total. The molecule has 0 aliphatic carbocycles. The van der Waals surface area contributed by atoms with E-state index in [1.807, 2.05) is 0 Å². The van der Waals surface area contributed by atoms with E-state index in [4.69, 9.17) is 28.7 Å². The van der Waals surface area contributed by atoms with Gasteiger partial charge in [-0.3, -0.25) is 29.0 Å². The fourth-order valence-electron chi connectivity index (χ4n) is 5.64. The van der Waals surface area contributed by atoms with Gasteiger partial charge in [0.15, 0.2) is 5.96 Å². The maximum Gasteiger partial charge on any atom is 0.326 e. The number of carbonyl (C=O) groups is 6. The average molecular weight is 792 g/mol. The van der Waals surface area contributed by atoms with Crippen molar-refractivity contribution in [3.8, 4) is 5.75 Å². The second-order valence-corrected chi connectivity index (χ2v) is 14.5. The van der Waals surface area contributed by atoms with E-state index in [9.17, 15) is 39.0 Å². The molecule has 1 aromatic carbocycles. The Hall–Kier alpha value is -5.01. The number of nitrogens with two attached hydrogens (primary N) is 5. The van der Waals surface area contributed by atoms with Gasteiger partial charge in [0.2, 0.25) is 29.5 Å². The van der Waals surface area contributed by atoms with Gasteiger partial charge in [-0.2, -0.15) is 0 Å². The molecule has 5 amide bonds. The molecule has 0 radical (unpaired) electrons. The van der Waals surface area contributed by atoms with Crippen LogP contribution in [0.25, 0.3) is 0 Å². The summed E-state index contributed by atoms with van der Waals surface area (Å²) < 4.78 is 0. The van der Waals surface area contributed by atoms with Crippen LogP contribution in [-0.2, 0) is 35.2 Å². The highest BCUT2D eigenvalue weighted by Gasteiger charge is 2.34. The number of benzene rings is 1. The molecule has 0 fully saturated rings. The molecule has 0 spiro atoms. The van der Waals surface area contributed by atoms with E-state index in [1.54, 1.807) is 39.8 Å². The molecule has 6 atom stereocenters. The first-order valence-corrected chi connectivity index (χ1v) is 19.1. The highest BCUT2D eigenvalue weighted by Crippen LogP contribution is 2.13. The van der Waals surface area contributed by atoms with Crippen molar-refractivity contribution >= 4 is 41.5 Å². The Labute approximate surface area is 329 Å². The van der Waals surface area contributed by atoms with Crippen molar-refractivity contribution in [2.24, 2.45) is 45.5 Å². The topological polar surface area (TPSA) is 345 Å². The summed E-state index contributed by atoms with van der Waals surface area (Å²) in [7, 11) is 0. The molecule has 0 bridgehead atoms. The van der Waals surface area contributed by atoms with E-state index in [0.717, 1.165) is 0 Å². The highest BCUT2D eigenvalue weighted by molar-refractivity contribution is 5.96. The lowest BCUT2D eigenvalue weighted by Gasteiger charge is -2.29. The Morgan fingerprint density at radius 2 is 1.05 bits per heavy atom. The van der Waals surface area contributed by atoms with Crippen LogP contribution in [0.5, 0.6) is 5.75 Å². The minimum atomic E-state index is -1.23. The summed E-state index contributed by atoms with van der Waals surface area (Å²) in [4.78, 5) is 83.6. The number of amides is 5. The fourth-order valence-corrected chi connectivity index (χ4v) is 5.64.